The smallest absolute Gasteiger partial charge is 0.324 e. The molecule has 26 heavy (non-hydrogen) atoms. The number of urea groups is 1. The minimum absolute atomic E-state index is 0.0644. The summed E-state index contributed by atoms with van der Waals surface area (Å²) in [5.74, 6) is -1.39. The van der Waals surface area contributed by atoms with Crippen molar-refractivity contribution in [3.63, 3.8) is 0 Å². The summed E-state index contributed by atoms with van der Waals surface area (Å²) < 4.78 is 5.02. The average molecular weight is 379 g/mol. The van der Waals surface area contributed by atoms with Crippen LogP contribution in [0.1, 0.15) is 12.5 Å². The third-order valence-corrected chi connectivity index (χ3v) is 4.47. The fraction of sp³-hybridized carbons (Fsp3) is 0.412. The minimum Gasteiger partial charge on any atom is -0.452 e. The predicted octanol–water partition coefficient (Wildman–Crippen LogP) is 1.15. The van der Waals surface area contributed by atoms with Crippen LogP contribution in [0.2, 0.25) is 0 Å². The van der Waals surface area contributed by atoms with Crippen molar-refractivity contribution in [2.45, 2.75) is 20.0 Å². The molecule has 0 aliphatic carbocycles. The van der Waals surface area contributed by atoms with Crippen LogP contribution in [0.3, 0.4) is 0 Å². The first-order valence-electron chi connectivity index (χ1n) is 8.10. The molecule has 2 rings (SSSR count). The van der Waals surface area contributed by atoms with E-state index in [1.165, 1.54) is 6.92 Å². The highest BCUT2D eigenvalue weighted by Crippen LogP contribution is 2.11. The number of hydrogen-bond donors (Lipinski definition) is 2. The Morgan fingerprint density at radius 3 is 2.58 bits per heavy atom. The van der Waals surface area contributed by atoms with Crippen LogP contribution < -0.4 is 10.6 Å². The first-order valence-corrected chi connectivity index (χ1v) is 9.25. The van der Waals surface area contributed by atoms with Crippen LogP contribution in [0.25, 0.3) is 0 Å². The van der Waals surface area contributed by atoms with Crippen molar-refractivity contribution < 1.29 is 23.9 Å². The van der Waals surface area contributed by atoms with Gasteiger partial charge in [-0.3, -0.25) is 19.3 Å². The molecule has 0 saturated carbocycles. The molecule has 0 unspecified atom stereocenters. The molecule has 1 heterocycles. The van der Waals surface area contributed by atoms with Crippen molar-refractivity contribution in [2.75, 3.05) is 29.9 Å². The zero-order valence-electron chi connectivity index (χ0n) is 14.6. The van der Waals surface area contributed by atoms with Crippen molar-refractivity contribution in [1.82, 2.24) is 10.2 Å². The van der Waals surface area contributed by atoms with Crippen LogP contribution in [0, 0.1) is 6.92 Å². The van der Waals surface area contributed by atoms with Crippen LogP contribution in [-0.2, 0) is 19.1 Å². The number of imide groups is 1. The lowest BCUT2D eigenvalue weighted by Crippen LogP contribution is -2.42. The summed E-state index contributed by atoms with van der Waals surface area (Å²) in [5.41, 5.74) is 1.78. The van der Waals surface area contributed by atoms with Crippen molar-refractivity contribution in [3.8, 4) is 0 Å². The highest BCUT2D eigenvalue weighted by atomic mass is 32.2. The van der Waals surface area contributed by atoms with Crippen LogP contribution in [0.4, 0.5) is 10.5 Å². The first-order chi connectivity index (χ1) is 12.4. The summed E-state index contributed by atoms with van der Waals surface area (Å²) in [7, 11) is 0. The van der Waals surface area contributed by atoms with Gasteiger partial charge in [-0.15, -0.1) is 11.8 Å². The number of ether oxygens (including phenoxy) is 1. The van der Waals surface area contributed by atoms with Gasteiger partial charge in [0, 0.05) is 18.8 Å². The molecule has 1 atom stereocenters. The molecule has 0 aromatic heterocycles. The van der Waals surface area contributed by atoms with E-state index >= 15 is 0 Å². The van der Waals surface area contributed by atoms with Crippen LogP contribution >= 0.6 is 11.8 Å². The number of thioether (sulfide) groups is 1. The van der Waals surface area contributed by atoms with Gasteiger partial charge >= 0.3 is 12.0 Å². The quantitative estimate of drug-likeness (QED) is 0.689. The topological polar surface area (TPSA) is 105 Å². The Labute approximate surface area is 155 Å². The Hall–Kier alpha value is -2.55. The van der Waals surface area contributed by atoms with Gasteiger partial charge in [-0.05, 0) is 26.0 Å². The molecule has 1 aliphatic heterocycles. The summed E-state index contributed by atoms with van der Waals surface area (Å²) in [6, 6.07) is 6.89. The van der Waals surface area contributed by atoms with Gasteiger partial charge < -0.3 is 15.4 Å². The molecule has 0 radical (unpaired) electrons. The second-order valence-electron chi connectivity index (χ2n) is 5.76. The third kappa shape index (κ3) is 5.76. The number of hydrogen-bond acceptors (Lipinski definition) is 6. The Bertz CT molecular complexity index is 692. The van der Waals surface area contributed by atoms with Crippen LogP contribution in [0.15, 0.2) is 24.3 Å². The molecule has 1 fully saturated rings. The van der Waals surface area contributed by atoms with Gasteiger partial charge in [0.25, 0.3) is 5.91 Å². The van der Waals surface area contributed by atoms with E-state index in [9.17, 15) is 19.2 Å². The summed E-state index contributed by atoms with van der Waals surface area (Å²) in [5, 5.41) is 5.23. The number of esters is 1. The van der Waals surface area contributed by atoms with Crippen molar-refractivity contribution in [1.29, 1.82) is 0 Å². The van der Waals surface area contributed by atoms with E-state index in [1.54, 1.807) is 12.1 Å². The Morgan fingerprint density at radius 2 is 1.96 bits per heavy atom. The molecule has 8 nitrogen and oxygen atoms in total. The molecular formula is C17H21N3O5S. The average Bonchev–Trinajstić information content (AvgIpc) is 3.02. The van der Waals surface area contributed by atoms with Crippen LogP contribution in [0.5, 0.6) is 0 Å². The molecule has 140 valence electrons. The van der Waals surface area contributed by atoms with E-state index < -0.39 is 24.0 Å². The van der Waals surface area contributed by atoms with Crippen LogP contribution in [-0.4, -0.2) is 59.4 Å². The SMILES string of the molecule is Cc1ccc(NC(=O)CSCC(=O)O[C@@H](C)C(=O)N2CCNC2=O)cc1. The van der Waals surface area contributed by atoms with Gasteiger partial charge in [-0.2, -0.15) is 0 Å². The summed E-state index contributed by atoms with van der Waals surface area (Å²) in [4.78, 5) is 48.1. The maximum atomic E-state index is 12.0. The zero-order valence-corrected chi connectivity index (χ0v) is 15.4. The molecule has 1 saturated heterocycles. The number of benzene rings is 1. The normalized spacial score (nSPS) is 14.5. The van der Waals surface area contributed by atoms with Gasteiger partial charge in [0.1, 0.15) is 0 Å². The molecule has 1 aromatic rings. The fourth-order valence-electron chi connectivity index (χ4n) is 2.24. The van der Waals surface area contributed by atoms with E-state index in [4.69, 9.17) is 4.74 Å². The molecule has 1 aromatic carbocycles. The number of nitrogens with zero attached hydrogens (tertiary/aromatic N) is 1. The maximum absolute atomic E-state index is 12.0. The molecule has 1 aliphatic rings. The monoisotopic (exact) mass is 379 g/mol. The number of aryl methyl sites for hydroxylation is 1. The number of nitrogens with one attached hydrogen (secondary N) is 2. The fourth-order valence-corrected chi connectivity index (χ4v) is 2.84. The Morgan fingerprint density at radius 1 is 1.27 bits per heavy atom. The molecular weight excluding hydrogens is 358 g/mol. The predicted molar refractivity (Wildman–Crippen MR) is 97.8 cm³/mol. The third-order valence-electron chi connectivity index (χ3n) is 3.57. The van der Waals surface area contributed by atoms with Gasteiger partial charge in [0.15, 0.2) is 6.10 Å². The summed E-state index contributed by atoms with van der Waals surface area (Å²) in [6.45, 7) is 4.01. The summed E-state index contributed by atoms with van der Waals surface area (Å²) in [6.07, 6.45) is -1.05. The van der Waals surface area contributed by atoms with E-state index in [0.29, 0.717) is 12.2 Å². The second kappa shape index (κ2) is 9.23. The molecule has 2 N–H and O–H groups in total. The van der Waals surface area contributed by atoms with Gasteiger partial charge in [-0.1, -0.05) is 17.7 Å². The van der Waals surface area contributed by atoms with Crippen molar-refractivity contribution >= 4 is 41.3 Å². The van der Waals surface area contributed by atoms with Gasteiger partial charge in [0.2, 0.25) is 5.91 Å². The Balaban J connectivity index is 1.67. The molecule has 9 heteroatoms. The van der Waals surface area contributed by atoms with Gasteiger partial charge in [-0.25, -0.2) is 4.79 Å². The molecule has 4 amide bonds. The lowest BCUT2D eigenvalue weighted by atomic mass is 10.2. The van der Waals surface area contributed by atoms with Crippen molar-refractivity contribution in [3.05, 3.63) is 29.8 Å². The first kappa shape index (κ1) is 19.8. The lowest BCUT2D eigenvalue weighted by molar-refractivity contribution is -0.155. The van der Waals surface area contributed by atoms with Crippen molar-refractivity contribution in [2.24, 2.45) is 0 Å². The molecule has 0 bridgehead atoms. The number of carbonyl (C=O) groups excluding carboxylic acids is 4. The summed E-state index contributed by atoms with van der Waals surface area (Å²) >= 11 is 1.09. The second-order valence-corrected chi connectivity index (χ2v) is 6.75. The highest BCUT2D eigenvalue weighted by molar-refractivity contribution is 8.00. The Kier molecular flexibility index (Phi) is 7.02. The maximum Gasteiger partial charge on any atom is 0.324 e. The minimum atomic E-state index is -1.05. The van der Waals surface area contributed by atoms with E-state index in [1.807, 2.05) is 19.1 Å². The lowest BCUT2D eigenvalue weighted by Gasteiger charge is -2.18. The number of carbonyl (C=O) groups is 4. The molecule has 0 spiro atoms. The largest absolute Gasteiger partial charge is 0.452 e. The standard InChI is InChI=1S/C17H21N3O5S/c1-11-3-5-13(6-4-11)19-14(21)9-26-10-15(22)25-12(2)16(23)20-8-7-18-17(20)24/h3-6,12H,7-10H2,1-2H3,(H,18,24)(H,19,21)/t12-/m0/s1. The number of rotatable bonds is 7. The number of anilines is 1. The van der Waals surface area contributed by atoms with E-state index in [0.717, 1.165) is 22.2 Å². The van der Waals surface area contributed by atoms with Gasteiger partial charge in [0.05, 0.1) is 11.5 Å². The van der Waals surface area contributed by atoms with E-state index in [-0.39, 0.29) is 24.0 Å². The zero-order chi connectivity index (χ0) is 19.1. The van der Waals surface area contributed by atoms with E-state index in [2.05, 4.69) is 10.6 Å². The highest BCUT2D eigenvalue weighted by Gasteiger charge is 2.31. The number of amides is 4.